The summed E-state index contributed by atoms with van der Waals surface area (Å²) in [7, 11) is 0. The molecule has 1 aromatic rings. The minimum atomic E-state index is -0.843. The Morgan fingerprint density at radius 1 is 0.645 bits per heavy atom. The summed E-state index contributed by atoms with van der Waals surface area (Å²) in [5.74, 6) is -4.85. The Morgan fingerprint density at radius 3 is 1.70 bits per heavy atom. The van der Waals surface area contributed by atoms with E-state index in [0.717, 1.165) is 80.1 Å². The van der Waals surface area contributed by atoms with Gasteiger partial charge in [0.05, 0.1) is 63.8 Å². The average molecular weight is 1100 g/mol. The van der Waals surface area contributed by atoms with E-state index >= 15 is 0 Å². The Balaban J connectivity index is 0.966. The maximum Gasteiger partial charge on any atom is 0.375 e. The van der Waals surface area contributed by atoms with Crippen LogP contribution in [0.15, 0.2) is 56.7 Å². The number of Topliss-reactive ketones (excluding diaryl/α,β-unsaturated/α-hetero) is 1. The van der Waals surface area contributed by atoms with Crippen LogP contribution in [-0.4, -0.2) is 104 Å². The van der Waals surface area contributed by atoms with Crippen LogP contribution < -0.4 is 9.47 Å². The summed E-state index contributed by atoms with van der Waals surface area (Å²) in [6.07, 6.45) is 11.7. The molecule has 0 bridgehead atoms. The number of ether oxygens (including phenoxy) is 8. The fourth-order valence-electron chi connectivity index (χ4n) is 10.2. The summed E-state index contributed by atoms with van der Waals surface area (Å²) in [5.41, 5.74) is 0.847. The monoisotopic (exact) mass is 1100 g/mol. The molecule has 0 saturated heterocycles. The molecule has 0 radical (unpaired) electrons. The summed E-state index contributed by atoms with van der Waals surface area (Å²) in [4.78, 5) is 99.4. The molecule has 0 atom stereocenters. The van der Waals surface area contributed by atoms with Crippen molar-refractivity contribution in [3.63, 3.8) is 0 Å². The number of rotatable bonds is 26. The Bertz CT molecular complexity index is 2290. The molecule has 0 amide bonds. The quantitative estimate of drug-likeness (QED) is 0.00869. The number of hydrogen-bond acceptors (Lipinski definition) is 19. The zero-order valence-corrected chi connectivity index (χ0v) is 45.4. The number of hydrogen-bond donors (Lipinski definition) is 1. The van der Waals surface area contributed by atoms with Gasteiger partial charge in [-0.1, -0.05) is 42.3 Å². The van der Waals surface area contributed by atoms with Gasteiger partial charge in [0.1, 0.15) is 30.3 Å². The van der Waals surface area contributed by atoms with E-state index < -0.39 is 65.6 Å². The van der Waals surface area contributed by atoms with Crippen LogP contribution in [0, 0.1) is 36.2 Å². The molecule has 4 saturated carbocycles. The predicted octanol–water partition coefficient (Wildman–Crippen LogP) is 10.2. The molecule has 1 aromatic carbocycles. The summed E-state index contributed by atoms with van der Waals surface area (Å²) in [6.45, 7) is 20.6. The maximum atomic E-state index is 13.8. The van der Waals surface area contributed by atoms with Gasteiger partial charge in [-0.3, -0.25) is 29.2 Å². The van der Waals surface area contributed by atoms with Crippen molar-refractivity contribution in [1.29, 1.82) is 0 Å². The molecule has 1 N–H and O–H groups in total. The molecule has 1 heterocycles. The first-order chi connectivity index (χ1) is 36.7. The van der Waals surface area contributed by atoms with Gasteiger partial charge < -0.3 is 37.9 Å². The number of allylic oxidation sites excluding steroid dienone is 1. The van der Waals surface area contributed by atoms with Gasteiger partial charge in [0.2, 0.25) is 5.78 Å². The number of benzene rings is 1. The lowest BCUT2D eigenvalue weighted by Crippen LogP contribution is -2.35. The molecule has 0 aromatic heterocycles. The number of unbranched alkanes of at least 4 members (excludes halogenated alkanes) is 1. The highest BCUT2D eigenvalue weighted by atomic mass is 32.2. The van der Waals surface area contributed by atoms with Crippen LogP contribution in [0.2, 0.25) is 0 Å². The molecule has 76 heavy (non-hydrogen) atoms. The average Bonchev–Trinajstić information content (AvgIpc) is 3.88. The van der Waals surface area contributed by atoms with Crippen LogP contribution in [-0.2, 0) is 66.9 Å². The second-order valence-electron chi connectivity index (χ2n) is 20.3. The normalized spacial score (nSPS) is 24.9. The van der Waals surface area contributed by atoms with E-state index in [1.165, 1.54) is 12.1 Å². The van der Waals surface area contributed by atoms with Crippen molar-refractivity contribution in [1.82, 2.24) is 0 Å². The van der Waals surface area contributed by atoms with Gasteiger partial charge in [-0.05, 0) is 160 Å². The smallest absolute Gasteiger partial charge is 0.375 e. The zero-order chi connectivity index (χ0) is 54.6. The summed E-state index contributed by atoms with van der Waals surface area (Å²) in [5, 5.41) is 8.40. The number of thioether (sulfide) groups is 2. The van der Waals surface area contributed by atoms with E-state index in [4.69, 9.17) is 49.7 Å². The molecule has 4 aliphatic carbocycles. The summed E-state index contributed by atoms with van der Waals surface area (Å²) in [6, 6.07) is 3.06. The standard InChI is InChI=1S/C56H73NO17S2/c1-6-46(58)68-31-8-7-30-67-41-21-15-38(16-22-41)51(60)71-42-23-17-39(18-24-42)52(61)73-44-27-28-45(50-49(44)75-56(76-50)47(57-5)54(63)70-34(2)3)74-53(62)40-19-25-43(26-20-40)72-55(64)48(59)37-13-11-36(12-14-37)35(4)10-9-29-66-32-33-69-65/h6,27-28,34,36-43,65H,1,4,7-26,29-33H2,2-3H3. The minimum absolute atomic E-state index is 0.0700. The van der Waals surface area contributed by atoms with Gasteiger partial charge >= 0.3 is 35.8 Å². The highest BCUT2D eigenvalue weighted by Crippen LogP contribution is 2.59. The fraction of sp³-hybridized carbons (Fsp3) is 0.643. The minimum Gasteiger partial charge on any atom is -0.468 e. The molecule has 416 valence electrons. The summed E-state index contributed by atoms with van der Waals surface area (Å²) < 4.78 is 45.7. The zero-order valence-electron chi connectivity index (χ0n) is 43.8. The molecule has 5 aliphatic rings. The van der Waals surface area contributed by atoms with E-state index in [2.05, 4.69) is 22.9 Å². The van der Waals surface area contributed by atoms with Gasteiger partial charge in [0, 0.05) is 25.2 Å². The Labute approximate surface area is 453 Å². The SMILES string of the molecule is [C-]#[N+]C(C(=O)OC(C)C)=C1Sc2c(OC(=O)C3CCC(OC(=O)C(=O)C4CCC(C(=C)CCCOCCOO)CC4)CC3)ccc(OC(=O)C3CCC(OC(=O)C4CCC(OCCCCOC(=O)C=C)CC4)CC3)c2S1. The van der Waals surface area contributed by atoms with Crippen molar-refractivity contribution in [2.75, 3.05) is 33.0 Å². The fourth-order valence-corrected chi connectivity index (χ4v) is 12.7. The van der Waals surface area contributed by atoms with E-state index in [1.54, 1.807) is 13.8 Å². The molecular weight excluding hydrogens is 1020 g/mol. The van der Waals surface area contributed by atoms with Crippen molar-refractivity contribution in [2.45, 2.75) is 176 Å². The Morgan fingerprint density at radius 2 is 1.16 bits per heavy atom. The first kappa shape index (κ1) is 60.2. The number of esters is 6. The van der Waals surface area contributed by atoms with Gasteiger partial charge in [-0.25, -0.2) is 19.3 Å². The van der Waals surface area contributed by atoms with Crippen LogP contribution in [0.25, 0.3) is 4.85 Å². The van der Waals surface area contributed by atoms with Gasteiger partial charge in [0.25, 0.3) is 5.70 Å². The molecule has 4 fully saturated rings. The lowest BCUT2D eigenvalue weighted by Gasteiger charge is -2.31. The summed E-state index contributed by atoms with van der Waals surface area (Å²) >= 11 is 2.10. The van der Waals surface area contributed by atoms with Crippen LogP contribution in [0.3, 0.4) is 0 Å². The third-order valence-corrected chi connectivity index (χ3v) is 17.2. The predicted molar refractivity (Wildman–Crippen MR) is 278 cm³/mol. The van der Waals surface area contributed by atoms with E-state index in [9.17, 15) is 33.6 Å². The van der Waals surface area contributed by atoms with E-state index in [1.807, 2.05) is 0 Å². The second-order valence-corrected chi connectivity index (χ2v) is 22.6. The van der Waals surface area contributed by atoms with Crippen LogP contribution in [0.1, 0.15) is 142 Å². The van der Waals surface area contributed by atoms with Crippen LogP contribution >= 0.6 is 23.5 Å². The lowest BCUT2D eigenvalue weighted by atomic mass is 9.76. The number of carbonyl (C=O) groups excluding carboxylic acids is 7. The third kappa shape index (κ3) is 18.0. The largest absolute Gasteiger partial charge is 0.468 e. The number of fused-ring (bicyclic) bond motifs is 1. The number of ketones is 1. The van der Waals surface area contributed by atoms with Crippen LogP contribution in [0.4, 0.5) is 0 Å². The van der Waals surface area contributed by atoms with Crippen molar-refractivity contribution < 1.29 is 81.6 Å². The third-order valence-electron chi connectivity index (χ3n) is 14.6. The van der Waals surface area contributed by atoms with Crippen LogP contribution in [0.5, 0.6) is 11.5 Å². The van der Waals surface area contributed by atoms with Crippen molar-refractivity contribution in [3.8, 4) is 11.5 Å². The Hall–Kier alpha value is -5.04. The van der Waals surface area contributed by atoms with Crippen molar-refractivity contribution in [2.24, 2.45) is 29.6 Å². The molecular formula is C56H73NO17S2. The molecule has 6 rings (SSSR count). The molecule has 0 spiro atoms. The highest BCUT2D eigenvalue weighted by Gasteiger charge is 2.39. The van der Waals surface area contributed by atoms with Gasteiger partial charge in [-0.15, -0.1) is 0 Å². The molecule has 18 nitrogen and oxygen atoms in total. The van der Waals surface area contributed by atoms with E-state index in [-0.39, 0.29) is 58.1 Å². The number of nitrogens with zero attached hydrogens (tertiary/aromatic N) is 1. The Kier molecular flexibility index (Phi) is 24.4. The second kappa shape index (κ2) is 30.8. The van der Waals surface area contributed by atoms with Gasteiger partial charge in [-0.2, -0.15) is 0 Å². The lowest BCUT2D eigenvalue weighted by molar-refractivity contribution is -0.249. The maximum absolute atomic E-state index is 13.8. The first-order valence-electron chi connectivity index (χ1n) is 26.8. The molecule has 20 heteroatoms. The van der Waals surface area contributed by atoms with Crippen molar-refractivity contribution in [3.05, 3.63) is 58.3 Å². The molecule has 0 unspecified atom stereocenters. The van der Waals surface area contributed by atoms with E-state index in [0.29, 0.717) is 120 Å². The van der Waals surface area contributed by atoms with Crippen molar-refractivity contribution >= 4 is 65.1 Å². The topological polar surface area (TPSA) is 227 Å². The first-order valence-corrected chi connectivity index (χ1v) is 28.5. The van der Waals surface area contributed by atoms with Gasteiger partial charge in [0.15, 0.2) is 0 Å². The highest BCUT2D eigenvalue weighted by molar-refractivity contribution is 8.24. The number of carbonyl (C=O) groups is 7. The molecule has 1 aliphatic heterocycles.